The fraction of sp³-hybridized carbons (Fsp3) is 0.533. The van der Waals surface area contributed by atoms with E-state index in [2.05, 4.69) is 15.9 Å². The molecule has 0 bridgehead atoms. The molecule has 0 saturated heterocycles. The summed E-state index contributed by atoms with van der Waals surface area (Å²) in [5, 5.41) is 0.733. The van der Waals surface area contributed by atoms with Gasteiger partial charge in [0.25, 0.3) is 5.91 Å². The Kier molecular flexibility index (Phi) is 5.41. The van der Waals surface area contributed by atoms with Crippen LogP contribution >= 0.6 is 15.9 Å². The van der Waals surface area contributed by atoms with Crippen molar-refractivity contribution in [2.45, 2.75) is 39.3 Å². The Hall–Kier alpha value is -1.03. The van der Waals surface area contributed by atoms with Gasteiger partial charge in [0.1, 0.15) is 5.75 Å². The number of benzene rings is 1. The van der Waals surface area contributed by atoms with E-state index in [1.54, 1.807) is 17.0 Å². The average Bonchev–Trinajstić information content (AvgIpc) is 2.37. The Morgan fingerprint density at radius 2 is 1.84 bits per heavy atom. The number of carbonyl (C=O) groups is 1. The van der Waals surface area contributed by atoms with Crippen LogP contribution in [0.2, 0.25) is 0 Å². The van der Waals surface area contributed by atoms with Crippen molar-refractivity contribution < 1.29 is 9.53 Å². The molecule has 0 aromatic heterocycles. The van der Waals surface area contributed by atoms with Crippen LogP contribution < -0.4 is 4.74 Å². The van der Waals surface area contributed by atoms with Crippen LogP contribution in [0.5, 0.6) is 5.75 Å². The van der Waals surface area contributed by atoms with E-state index < -0.39 is 0 Å². The van der Waals surface area contributed by atoms with Gasteiger partial charge in [-0.05, 0) is 52.0 Å². The molecule has 1 amide bonds. The zero-order valence-electron chi connectivity index (χ0n) is 12.2. The largest absolute Gasteiger partial charge is 0.491 e. The quantitative estimate of drug-likeness (QED) is 0.771. The summed E-state index contributed by atoms with van der Waals surface area (Å²) in [6.07, 6.45) is 0.136. The van der Waals surface area contributed by atoms with Crippen molar-refractivity contribution in [1.82, 2.24) is 4.90 Å². The van der Waals surface area contributed by atoms with Crippen LogP contribution in [0.1, 0.15) is 38.1 Å². The molecule has 0 atom stereocenters. The van der Waals surface area contributed by atoms with Gasteiger partial charge in [0.2, 0.25) is 0 Å². The molecule has 0 spiro atoms. The third-order valence-corrected chi connectivity index (χ3v) is 4.38. The first-order valence-corrected chi connectivity index (χ1v) is 7.51. The van der Waals surface area contributed by atoms with Gasteiger partial charge in [0.15, 0.2) is 0 Å². The average molecular weight is 328 g/mol. The van der Waals surface area contributed by atoms with E-state index >= 15 is 0 Å². The predicted octanol–water partition coefficient (Wildman–Crippen LogP) is 3.72. The minimum absolute atomic E-state index is 0.0144. The van der Waals surface area contributed by atoms with Gasteiger partial charge >= 0.3 is 0 Å². The number of ether oxygens (including phenoxy) is 1. The number of rotatable bonds is 5. The SMILES string of the molecule is CC(C)Oc1ccc(C(=O)N(C)C(C)(C)CBr)cc1. The summed E-state index contributed by atoms with van der Waals surface area (Å²) < 4.78 is 5.57. The van der Waals surface area contributed by atoms with Gasteiger partial charge in [-0.2, -0.15) is 0 Å². The number of halogens is 1. The highest BCUT2D eigenvalue weighted by molar-refractivity contribution is 9.09. The molecular weight excluding hydrogens is 306 g/mol. The van der Waals surface area contributed by atoms with Crippen LogP contribution in [0, 0.1) is 0 Å². The highest BCUT2D eigenvalue weighted by atomic mass is 79.9. The van der Waals surface area contributed by atoms with Crippen molar-refractivity contribution in [2.75, 3.05) is 12.4 Å². The maximum atomic E-state index is 12.3. The molecule has 1 aromatic rings. The summed E-state index contributed by atoms with van der Waals surface area (Å²) in [5.41, 5.74) is 0.456. The third kappa shape index (κ3) is 4.23. The van der Waals surface area contributed by atoms with Crippen LogP contribution in [0.15, 0.2) is 24.3 Å². The zero-order chi connectivity index (χ0) is 14.6. The highest BCUT2D eigenvalue weighted by Crippen LogP contribution is 2.20. The number of hydrogen-bond donors (Lipinski definition) is 0. The molecule has 0 aliphatic heterocycles. The molecule has 0 aliphatic carbocycles. The molecule has 1 rings (SSSR count). The second-order valence-electron chi connectivity index (χ2n) is 5.50. The van der Waals surface area contributed by atoms with Crippen LogP contribution in [0.25, 0.3) is 0 Å². The smallest absolute Gasteiger partial charge is 0.254 e. The van der Waals surface area contributed by atoms with Crippen LogP contribution in [0.4, 0.5) is 0 Å². The third-order valence-electron chi connectivity index (χ3n) is 3.01. The van der Waals surface area contributed by atoms with E-state index in [9.17, 15) is 4.79 Å². The van der Waals surface area contributed by atoms with E-state index in [4.69, 9.17) is 4.74 Å². The number of alkyl halides is 1. The number of amides is 1. The molecule has 106 valence electrons. The first-order valence-electron chi connectivity index (χ1n) is 6.39. The molecule has 0 fully saturated rings. The Morgan fingerprint density at radius 1 is 1.32 bits per heavy atom. The number of carbonyl (C=O) groups excluding carboxylic acids is 1. The van der Waals surface area contributed by atoms with Crippen molar-refractivity contribution >= 4 is 21.8 Å². The fourth-order valence-electron chi connectivity index (χ4n) is 1.51. The predicted molar refractivity (Wildman–Crippen MR) is 82.2 cm³/mol. The molecule has 1 aromatic carbocycles. The van der Waals surface area contributed by atoms with Crippen LogP contribution in [0.3, 0.4) is 0 Å². The van der Waals surface area contributed by atoms with Crippen molar-refractivity contribution in [2.24, 2.45) is 0 Å². The summed E-state index contributed by atoms with van der Waals surface area (Å²) in [7, 11) is 1.82. The first-order chi connectivity index (χ1) is 8.77. The molecule has 0 N–H and O–H groups in total. The summed E-state index contributed by atoms with van der Waals surface area (Å²) >= 11 is 3.44. The van der Waals surface area contributed by atoms with E-state index in [0.29, 0.717) is 5.56 Å². The Balaban J connectivity index is 2.84. The standard InChI is InChI=1S/C15H22BrNO2/c1-11(2)19-13-8-6-12(7-9-13)14(18)17(5)15(3,4)10-16/h6-9,11H,10H2,1-5H3. The monoisotopic (exact) mass is 327 g/mol. The maximum absolute atomic E-state index is 12.3. The fourth-order valence-corrected chi connectivity index (χ4v) is 1.88. The Morgan fingerprint density at radius 3 is 2.26 bits per heavy atom. The molecule has 0 aliphatic rings. The lowest BCUT2D eigenvalue weighted by atomic mass is 10.1. The lowest BCUT2D eigenvalue weighted by Gasteiger charge is -2.34. The van der Waals surface area contributed by atoms with E-state index in [0.717, 1.165) is 11.1 Å². The normalized spacial score (nSPS) is 11.5. The second kappa shape index (κ2) is 6.42. The van der Waals surface area contributed by atoms with Gasteiger partial charge in [-0.3, -0.25) is 4.79 Å². The van der Waals surface area contributed by atoms with Gasteiger partial charge in [-0.1, -0.05) is 15.9 Å². The molecule has 0 unspecified atom stereocenters. The van der Waals surface area contributed by atoms with Crippen molar-refractivity contribution in [3.63, 3.8) is 0 Å². The minimum Gasteiger partial charge on any atom is -0.491 e. The summed E-state index contributed by atoms with van der Waals surface area (Å²) in [6, 6.07) is 7.28. The molecule has 0 radical (unpaired) electrons. The minimum atomic E-state index is -0.218. The summed E-state index contributed by atoms with van der Waals surface area (Å²) in [5.74, 6) is 0.800. The van der Waals surface area contributed by atoms with Gasteiger partial charge in [0, 0.05) is 23.5 Å². The van der Waals surface area contributed by atoms with Gasteiger partial charge < -0.3 is 9.64 Å². The molecular formula is C15H22BrNO2. The van der Waals surface area contributed by atoms with E-state index in [-0.39, 0.29) is 17.6 Å². The van der Waals surface area contributed by atoms with Gasteiger partial charge in [-0.25, -0.2) is 0 Å². The zero-order valence-corrected chi connectivity index (χ0v) is 13.8. The van der Waals surface area contributed by atoms with Crippen molar-refractivity contribution in [1.29, 1.82) is 0 Å². The van der Waals surface area contributed by atoms with E-state index in [1.165, 1.54) is 0 Å². The van der Waals surface area contributed by atoms with E-state index in [1.807, 2.05) is 46.9 Å². The Bertz CT molecular complexity index is 426. The molecule has 4 heteroatoms. The lowest BCUT2D eigenvalue weighted by molar-refractivity contribution is 0.0663. The van der Waals surface area contributed by atoms with Crippen LogP contribution in [-0.2, 0) is 0 Å². The molecule has 0 saturated carbocycles. The Labute approximate surface area is 124 Å². The van der Waals surface area contributed by atoms with Gasteiger partial charge in [-0.15, -0.1) is 0 Å². The van der Waals surface area contributed by atoms with Crippen molar-refractivity contribution in [3.8, 4) is 5.75 Å². The van der Waals surface area contributed by atoms with Crippen molar-refractivity contribution in [3.05, 3.63) is 29.8 Å². The lowest BCUT2D eigenvalue weighted by Crippen LogP contribution is -2.46. The number of nitrogens with zero attached hydrogens (tertiary/aromatic N) is 1. The summed E-state index contributed by atoms with van der Waals surface area (Å²) in [4.78, 5) is 14.1. The number of hydrogen-bond acceptors (Lipinski definition) is 2. The first kappa shape index (κ1) is 16.0. The second-order valence-corrected chi connectivity index (χ2v) is 6.06. The summed E-state index contributed by atoms with van der Waals surface area (Å²) in [6.45, 7) is 8.00. The highest BCUT2D eigenvalue weighted by Gasteiger charge is 2.27. The molecule has 3 nitrogen and oxygen atoms in total. The molecule has 19 heavy (non-hydrogen) atoms. The van der Waals surface area contributed by atoms with Gasteiger partial charge in [0.05, 0.1) is 6.10 Å². The maximum Gasteiger partial charge on any atom is 0.254 e. The van der Waals surface area contributed by atoms with Crippen LogP contribution in [-0.4, -0.2) is 34.8 Å². The topological polar surface area (TPSA) is 29.5 Å². The molecule has 0 heterocycles.